The summed E-state index contributed by atoms with van der Waals surface area (Å²) in [4.78, 5) is 17.6. The summed E-state index contributed by atoms with van der Waals surface area (Å²) in [6, 6.07) is 9.88. The Morgan fingerprint density at radius 2 is 2.19 bits per heavy atom. The lowest BCUT2D eigenvalue weighted by molar-refractivity contribution is -0.141. The Kier molecular flexibility index (Phi) is 3.90. The van der Waals surface area contributed by atoms with Gasteiger partial charge in [0.2, 0.25) is 0 Å². The van der Waals surface area contributed by atoms with Crippen molar-refractivity contribution in [1.29, 1.82) is 0 Å². The number of rotatable bonds is 5. The van der Waals surface area contributed by atoms with Gasteiger partial charge in [0.25, 0.3) is 0 Å². The van der Waals surface area contributed by atoms with Crippen molar-refractivity contribution in [3.63, 3.8) is 0 Å². The maximum absolute atomic E-state index is 11.2. The van der Waals surface area contributed by atoms with Gasteiger partial charge in [-0.2, -0.15) is 0 Å². The molecule has 2 aliphatic rings. The zero-order valence-electron chi connectivity index (χ0n) is 11.8. The van der Waals surface area contributed by atoms with Gasteiger partial charge in [0.15, 0.2) is 0 Å². The summed E-state index contributed by atoms with van der Waals surface area (Å²) in [5.41, 5.74) is 2.32. The number of fused-ring (bicyclic) bond motifs is 1. The van der Waals surface area contributed by atoms with Crippen molar-refractivity contribution in [2.75, 3.05) is 13.1 Å². The van der Waals surface area contributed by atoms with E-state index in [4.69, 9.17) is 0 Å². The summed E-state index contributed by atoms with van der Waals surface area (Å²) in [6.45, 7) is 1.39. The minimum absolute atomic E-state index is 0.405. The van der Waals surface area contributed by atoms with Crippen LogP contribution in [0.4, 0.5) is 0 Å². The van der Waals surface area contributed by atoms with Crippen molar-refractivity contribution in [2.45, 2.75) is 25.3 Å². The molecule has 1 fully saturated rings. The van der Waals surface area contributed by atoms with E-state index < -0.39 is 12.0 Å². The highest BCUT2D eigenvalue weighted by Gasteiger charge is 2.35. The molecule has 0 amide bonds. The van der Waals surface area contributed by atoms with Crippen LogP contribution < -0.4 is 5.32 Å². The van der Waals surface area contributed by atoms with Crippen LogP contribution in [0.25, 0.3) is 0 Å². The van der Waals surface area contributed by atoms with Crippen LogP contribution in [0.1, 0.15) is 18.4 Å². The quantitative estimate of drug-likeness (QED) is 0.863. The van der Waals surface area contributed by atoms with E-state index >= 15 is 0 Å². The lowest BCUT2D eigenvalue weighted by Crippen LogP contribution is -2.39. The Labute approximate surface area is 124 Å². The molecule has 2 N–H and O–H groups in total. The summed E-state index contributed by atoms with van der Waals surface area (Å²) >= 11 is 0. The molecule has 2 heterocycles. The highest BCUT2D eigenvalue weighted by molar-refractivity contribution is 5.76. The molecule has 21 heavy (non-hydrogen) atoms. The normalized spacial score (nSPS) is 20.6. The molecule has 3 rings (SSSR count). The van der Waals surface area contributed by atoms with E-state index in [-0.39, 0.29) is 0 Å². The third kappa shape index (κ3) is 2.91. The fraction of sp³-hybridized carbons (Fsp3) is 0.375. The number of nitrogens with zero attached hydrogens (tertiary/aromatic N) is 2. The highest BCUT2D eigenvalue weighted by Crippen LogP contribution is 2.30. The van der Waals surface area contributed by atoms with Crippen LogP contribution in [-0.2, 0) is 11.2 Å². The summed E-state index contributed by atoms with van der Waals surface area (Å²) < 4.78 is 0. The fourth-order valence-corrected chi connectivity index (χ4v) is 2.92. The third-order valence-corrected chi connectivity index (χ3v) is 3.98. The van der Waals surface area contributed by atoms with Crippen molar-refractivity contribution in [3.8, 4) is 0 Å². The van der Waals surface area contributed by atoms with Gasteiger partial charge in [-0.05, 0) is 24.8 Å². The number of carboxylic acids is 1. The smallest absolute Gasteiger partial charge is 0.326 e. The van der Waals surface area contributed by atoms with Crippen LogP contribution in [-0.4, -0.2) is 41.3 Å². The molecule has 1 aromatic carbocycles. The van der Waals surface area contributed by atoms with E-state index in [0.29, 0.717) is 13.0 Å². The number of hydrogen-bond acceptors (Lipinski definition) is 4. The molecule has 2 aliphatic heterocycles. The fourth-order valence-electron chi connectivity index (χ4n) is 2.92. The zero-order chi connectivity index (χ0) is 14.7. The number of nitrogens with one attached hydrogen (secondary N) is 1. The van der Waals surface area contributed by atoms with Gasteiger partial charge < -0.3 is 15.3 Å². The van der Waals surface area contributed by atoms with Crippen LogP contribution >= 0.6 is 0 Å². The SMILES string of the molecule is O=C(O)C1CCC2=C(NCCc3ccccc3)N=CCN21. The predicted molar refractivity (Wildman–Crippen MR) is 81.0 cm³/mol. The Morgan fingerprint density at radius 3 is 2.95 bits per heavy atom. The van der Waals surface area contributed by atoms with E-state index in [2.05, 4.69) is 22.4 Å². The number of allylic oxidation sites excluding steroid dienone is 1. The molecule has 110 valence electrons. The zero-order valence-corrected chi connectivity index (χ0v) is 11.8. The molecule has 5 nitrogen and oxygen atoms in total. The van der Waals surface area contributed by atoms with E-state index in [1.165, 1.54) is 5.56 Å². The van der Waals surface area contributed by atoms with E-state index in [0.717, 1.165) is 30.9 Å². The first-order chi connectivity index (χ1) is 10.3. The van der Waals surface area contributed by atoms with Crippen LogP contribution in [0, 0.1) is 0 Å². The average Bonchev–Trinajstić information content (AvgIpc) is 2.93. The van der Waals surface area contributed by atoms with Gasteiger partial charge in [-0.15, -0.1) is 0 Å². The molecular formula is C16H19N3O2. The van der Waals surface area contributed by atoms with Gasteiger partial charge in [0, 0.05) is 12.8 Å². The first-order valence-electron chi connectivity index (χ1n) is 7.28. The molecule has 5 heteroatoms. The standard InChI is InChI=1S/C16H19N3O2/c20-16(21)14-7-6-13-15(18-10-11-19(13)14)17-9-8-12-4-2-1-3-5-12/h1-5,10,14,17H,6-9,11H2,(H,20,21). The minimum atomic E-state index is -0.746. The second-order valence-corrected chi connectivity index (χ2v) is 5.31. The molecule has 0 radical (unpaired) electrons. The predicted octanol–water partition coefficient (Wildman–Crippen LogP) is 1.62. The Hall–Kier alpha value is -2.30. The Bertz CT molecular complexity index is 580. The van der Waals surface area contributed by atoms with Gasteiger partial charge in [-0.25, -0.2) is 9.79 Å². The monoisotopic (exact) mass is 285 g/mol. The first kappa shape index (κ1) is 13.7. The lowest BCUT2D eigenvalue weighted by atomic mass is 10.1. The van der Waals surface area contributed by atoms with Crippen LogP contribution in [0.2, 0.25) is 0 Å². The second-order valence-electron chi connectivity index (χ2n) is 5.31. The van der Waals surface area contributed by atoms with E-state index in [9.17, 15) is 9.90 Å². The van der Waals surface area contributed by atoms with Crippen molar-refractivity contribution in [2.24, 2.45) is 4.99 Å². The second kappa shape index (κ2) is 5.99. The summed E-state index contributed by atoms with van der Waals surface area (Å²) in [5.74, 6) is 0.0878. The Morgan fingerprint density at radius 1 is 1.38 bits per heavy atom. The third-order valence-electron chi connectivity index (χ3n) is 3.98. The van der Waals surface area contributed by atoms with Gasteiger partial charge in [-0.3, -0.25) is 0 Å². The molecule has 1 unspecified atom stereocenters. The Balaban J connectivity index is 1.63. The largest absolute Gasteiger partial charge is 0.480 e. The number of carboxylic acid groups (broad SMARTS) is 1. The van der Waals surface area contributed by atoms with Crippen LogP contribution in [0.3, 0.4) is 0 Å². The number of carbonyl (C=O) groups is 1. The van der Waals surface area contributed by atoms with Gasteiger partial charge in [-0.1, -0.05) is 30.3 Å². The van der Waals surface area contributed by atoms with Crippen molar-refractivity contribution in [1.82, 2.24) is 10.2 Å². The topological polar surface area (TPSA) is 64.9 Å². The van der Waals surface area contributed by atoms with Crippen molar-refractivity contribution in [3.05, 3.63) is 47.4 Å². The maximum Gasteiger partial charge on any atom is 0.326 e. The number of aliphatic carboxylic acids is 1. The molecule has 0 bridgehead atoms. The lowest BCUT2D eigenvalue weighted by Gasteiger charge is -2.27. The van der Waals surface area contributed by atoms with Crippen LogP contribution in [0.5, 0.6) is 0 Å². The summed E-state index contributed by atoms with van der Waals surface area (Å²) in [6.07, 6.45) is 4.16. The summed E-state index contributed by atoms with van der Waals surface area (Å²) in [7, 11) is 0. The van der Waals surface area contributed by atoms with Crippen LogP contribution in [0.15, 0.2) is 46.8 Å². The highest BCUT2D eigenvalue weighted by atomic mass is 16.4. The minimum Gasteiger partial charge on any atom is -0.480 e. The number of benzene rings is 1. The average molecular weight is 285 g/mol. The first-order valence-corrected chi connectivity index (χ1v) is 7.28. The van der Waals surface area contributed by atoms with E-state index in [1.54, 1.807) is 6.21 Å². The van der Waals surface area contributed by atoms with Crippen molar-refractivity contribution >= 4 is 12.2 Å². The van der Waals surface area contributed by atoms with Crippen molar-refractivity contribution < 1.29 is 9.90 Å². The maximum atomic E-state index is 11.2. The molecule has 0 saturated carbocycles. The van der Waals surface area contributed by atoms with E-state index in [1.807, 2.05) is 23.1 Å². The molecule has 1 atom stereocenters. The molecular weight excluding hydrogens is 266 g/mol. The summed E-state index contributed by atoms with van der Waals surface area (Å²) in [5, 5.41) is 12.6. The molecule has 1 saturated heterocycles. The molecule has 0 aromatic heterocycles. The molecule has 0 aliphatic carbocycles. The molecule has 1 aromatic rings. The number of aliphatic imine (C=N–C) groups is 1. The van der Waals surface area contributed by atoms with Gasteiger partial charge in [0.1, 0.15) is 11.9 Å². The molecule has 0 spiro atoms. The van der Waals surface area contributed by atoms with Gasteiger partial charge >= 0.3 is 5.97 Å². The number of hydrogen-bond donors (Lipinski definition) is 2. The van der Waals surface area contributed by atoms with Gasteiger partial charge in [0.05, 0.1) is 12.2 Å².